The fourth-order valence-electron chi connectivity index (χ4n) is 4.35. The second-order valence-corrected chi connectivity index (χ2v) is 7.88. The van der Waals surface area contributed by atoms with Crippen LogP contribution in [-0.2, 0) is 9.59 Å². The average molecular weight is 420 g/mol. The van der Waals surface area contributed by atoms with Gasteiger partial charge >= 0.3 is 0 Å². The van der Waals surface area contributed by atoms with Crippen molar-refractivity contribution in [1.29, 1.82) is 5.26 Å². The standard InChI is InChI=1S/C23H21FN4O3/c1-23-11-10-21(30)28(23)19-6-3-2-5-17(19)22(31)27(23)12-4-7-20(29)26-16-8-9-18(24)15(13-16)14-25/h2-3,5-6,8-9,13H,4,7,10-12H2,1H3,(H,26,29). The van der Waals surface area contributed by atoms with Crippen molar-refractivity contribution >= 4 is 29.1 Å². The van der Waals surface area contributed by atoms with Gasteiger partial charge < -0.3 is 10.2 Å². The Balaban J connectivity index is 1.45. The molecule has 158 valence electrons. The highest BCUT2D eigenvalue weighted by Gasteiger charge is 2.52. The van der Waals surface area contributed by atoms with Crippen LogP contribution in [0, 0.1) is 17.1 Å². The molecule has 0 radical (unpaired) electrons. The van der Waals surface area contributed by atoms with E-state index in [1.807, 2.05) is 13.0 Å². The van der Waals surface area contributed by atoms with E-state index in [1.54, 1.807) is 34.1 Å². The molecule has 2 aliphatic rings. The predicted molar refractivity (Wildman–Crippen MR) is 112 cm³/mol. The van der Waals surface area contributed by atoms with Crippen LogP contribution in [0.2, 0.25) is 0 Å². The molecule has 2 heterocycles. The maximum absolute atomic E-state index is 13.4. The summed E-state index contributed by atoms with van der Waals surface area (Å²) < 4.78 is 13.4. The number of nitrogens with zero attached hydrogens (tertiary/aromatic N) is 3. The Morgan fingerprint density at radius 1 is 1.26 bits per heavy atom. The van der Waals surface area contributed by atoms with E-state index in [2.05, 4.69) is 5.32 Å². The molecule has 7 nitrogen and oxygen atoms in total. The number of anilines is 2. The summed E-state index contributed by atoms with van der Waals surface area (Å²) in [6.07, 6.45) is 1.42. The molecule has 0 bridgehead atoms. The van der Waals surface area contributed by atoms with Gasteiger partial charge in [0.2, 0.25) is 11.8 Å². The molecule has 2 aromatic carbocycles. The number of benzene rings is 2. The van der Waals surface area contributed by atoms with E-state index in [0.717, 1.165) is 6.07 Å². The summed E-state index contributed by atoms with van der Waals surface area (Å²) in [7, 11) is 0. The fraction of sp³-hybridized carbons (Fsp3) is 0.304. The lowest BCUT2D eigenvalue weighted by atomic mass is 9.98. The third-order valence-corrected chi connectivity index (χ3v) is 5.90. The number of nitrogens with one attached hydrogen (secondary N) is 1. The van der Waals surface area contributed by atoms with Gasteiger partial charge in [-0.3, -0.25) is 19.3 Å². The maximum atomic E-state index is 13.4. The lowest BCUT2D eigenvalue weighted by Gasteiger charge is -2.48. The van der Waals surface area contributed by atoms with E-state index in [4.69, 9.17) is 5.26 Å². The zero-order chi connectivity index (χ0) is 22.2. The molecule has 3 amide bonds. The van der Waals surface area contributed by atoms with Crippen LogP contribution >= 0.6 is 0 Å². The summed E-state index contributed by atoms with van der Waals surface area (Å²) in [4.78, 5) is 41.4. The van der Waals surface area contributed by atoms with Crippen molar-refractivity contribution in [2.45, 2.75) is 38.3 Å². The number of fused-ring (bicyclic) bond motifs is 3. The zero-order valence-corrected chi connectivity index (χ0v) is 17.0. The number of amides is 3. The molecule has 0 aromatic heterocycles. The number of rotatable bonds is 5. The average Bonchev–Trinajstić information content (AvgIpc) is 3.07. The van der Waals surface area contributed by atoms with Crippen LogP contribution in [0.15, 0.2) is 42.5 Å². The first-order valence-electron chi connectivity index (χ1n) is 10.1. The van der Waals surface area contributed by atoms with Gasteiger partial charge in [0.25, 0.3) is 5.91 Å². The summed E-state index contributed by atoms with van der Waals surface area (Å²) >= 11 is 0. The molecule has 1 atom stereocenters. The van der Waals surface area contributed by atoms with Gasteiger partial charge in [0.1, 0.15) is 17.5 Å². The van der Waals surface area contributed by atoms with E-state index >= 15 is 0 Å². The highest BCUT2D eigenvalue weighted by Crippen LogP contribution is 2.44. The van der Waals surface area contributed by atoms with Crippen LogP contribution in [0.4, 0.5) is 15.8 Å². The molecule has 0 aliphatic carbocycles. The minimum Gasteiger partial charge on any atom is -0.326 e. The Bertz CT molecular complexity index is 1130. The molecule has 1 fully saturated rings. The molecular weight excluding hydrogens is 399 g/mol. The summed E-state index contributed by atoms with van der Waals surface area (Å²) in [5, 5.41) is 11.6. The second kappa shape index (κ2) is 7.84. The summed E-state index contributed by atoms with van der Waals surface area (Å²) in [5.41, 5.74) is 0.559. The highest BCUT2D eigenvalue weighted by atomic mass is 19.1. The molecule has 1 saturated heterocycles. The van der Waals surface area contributed by atoms with Crippen molar-refractivity contribution in [1.82, 2.24) is 4.90 Å². The third-order valence-electron chi connectivity index (χ3n) is 5.90. The van der Waals surface area contributed by atoms with Gasteiger partial charge in [0.05, 0.1) is 16.8 Å². The van der Waals surface area contributed by atoms with Crippen molar-refractivity contribution in [3.8, 4) is 6.07 Å². The SMILES string of the molecule is CC12CCC(=O)N1c1ccccc1C(=O)N2CCCC(=O)Nc1ccc(F)c(C#N)c1. The van der Waals surface area contributed by atoms with Crippen molar-refractivity contribution in [3.63, 3.8) is 0 Å². The molecular formula is C23H21FN4O3. The monoisotopic (exact) mass is 420 g/mol. The van der Waals surface area contributed by atoms with Crippen molar-refractivity contribution in [2.24, 2.45) is 0 Å². The number of nitriles is 1. The Hall–Kier alpha value is -3.73. The lowest BCUT2D eigenvalue weighted by Crippen LogP contribution is -2.62. The number of carbonyl (C=O) groups is 3. The quantitative estimate of drug-likeness (QED) is 0.802. The van der Waals surface area contributed by atoms with Crippen molar-refractivity contribution < 1.29 is 18.8 Å². The summed E-state index contributed by atoms with van der Waals surface area (Å²) in [6.45, 7) is 2.20. The van der Waals surface area contributed by atoms with Crippen LogP contribution in [0.5, 0.6) is 0 Å². The first-order chi connectivity index (χ1) is 14.8. The fourth-order valence-corrected chi connectivity index (χ4v) is 4.35. The Labute approximate surface area is 179 Å². The highest BCUT2D eigenvalue weighted by molar-refractivity contribution is 6.10. The molecule has 8 heteroatoms. The van der Waals surface area contributed by atoms with E-state index in [0.29, 0.717) is 42.7 Å². The first kappa shape index (κ1) is 20.5. The minimum atomic E-state index is -0.752. The van der Waals surface area contributed by atoms with Crippen LogP contribution in [0.1, 0.15) is 48.5 Å². The molecule has 0 saturated carbocycles. The van der Waals surface area contributed by atoms with Gasteiger partial charge in [-0.2, -0.15) is 5.26 Å². The number of hydrogen-bond donors (Lipinski definition) is 1. The van der Waals surface area contributed by atoms with Crippen LogP contribution in [-0.4, -0.2) is 34.8 Å². The molecule has 4 rings (SSSR count). The lowest BCUT2D eigenvalue weighted by molar-refractivity contribution is -0.118. The Morgan fingerprint density at radius 2 is 2.03 bits per heavy atom. The van der Waals surface area contributed by atoms with E-state index in [1.165, 1.54) is 12.1 Å². The zero-order valence-electron chi connectivity index (χ0n) is 17.0. The van der Waals surface area contributed by atoms with Gasteiger partial charge in [0.15, 0.2) is 0 Å². The van der Waals surface area contributed by atoms with Crippen LogP contribution in [0.3, 0.4) is 0 Å². The maximum Gasteiger partial charge on any atom is 0.257 e. The molecule has 1 unspecified atom stereocenters. The summed E-state index contributed by atoms with van der Waals surface area (Å²) in [6, 6.07) is 12.6. The number of para-hydroxylation sites is 1. The predicted octanol–water partition coefficient (Wildman–Crippen LogP) is 3.42. The van der Waals surface area contributed by atoms with Crippen LogP contribution < -0.4 is 10.2 Å². The van der Waals surface area contributed by atoms with Crippen molar-refractivity contribution in [2.75, 3.05) is 16.8 Å². The van der Waals surface area contributed by atoms with E-state index in [-0.39, 0.29) is 29.7 Å². The molecule has 31 heavy (non-hydrogen) atoms. The second-order valence-electron chi connectivity index (χ2n) is 7.88. The first-order valence-corrected chi connectivity index (χ1v) is 10.1. The van der Waals surface area contributed by atoms with Crippen molar-refractivity contribution in [3.05, 3.63) is 59.4 Å². The summed E-state index contributed by atoms with van der Waals surface area (Å²) in [5.74, 6) is -1.12. The third kappa shape index (κ3) is 3.52. The number of halogens is 1. The van der Waals surface area contributed by atoms with Gasteiger partial charge in [-0.05, 0) is 50.1 Å². The normalized spacial score (nSPS) is 19.6. The Kier molecular flexibility index (Phi) is 5.19. The number of hydrogen-bond acceptors (Lipinski definition) is 4. The van der Waals surface area contributed by atoms with Gasteiger partial charge in [-0.15, -0.1) is 0 Å². The van der Waals surface area contributed by atoms with E-state index < -0.39 is 11.5 Å². The topological polar surface area (TPSA) is 93.5 Å². The van der Waals surface area contributed by atoms with Gasteiger partial charge in [0, 0.05) is 25.1 Å². The Morgan fingerprint density at radius 3 is 2.81 bits per heavy atom. The molecule has 0 spiro atoms. The minimum absolute atomic E-state index is 0.0187. The van der Waals surface area contributed by atoms with Crippen LogP contribution in [0.25, 0.3) is 0 Å². The largest absolute Gasteiger partial charge is 0.326 e. The smallest absolute Gasteiger partial charge is 0.257 e. The van der Waals surface area contributed by atoms with Gasteiger partial charge in [-0.1, -0.05) is 12.1 Å². The molecule has 2 aliphatic heterocycles. The molecule has 1 N–H and O–H groups in total. The molecule has 2 aromatic rings. The van der Waals surface area contributed by atoms with E-state index in [9.17, 15) is 18.8 Å². The van der Waals surface area contributed by atoms with Gasteiger partial charge in [-0.25, -0.2) is 4.39 Å². The number of carbonyl (C=O) groups excluding carboxylic acids is 3.